The van der Waals surface area contributed by atoms with Crippen molar-refractivity contribution in [3.63, 3.8) is 0 Å². The zero-order valence-electron chi connectivity index (χ0n) is 11.4. The summed E-state index contributed by atoms with van der Waals surface area (Å²) in [5.74, 6) is -1.15. The molecule has 0 aliphatic rings. The summed E-state index contributed by atoms with van der Waals surface area (Å²) in [5.41, 5.74) is 1.87. The first-order valence-corrected chi connectivity index (χ1v) is 6.40. The summed E-state index contributed by atoms with van der Waals surface area (Å²) >= 11 is 0. The minimum atomic E-state index is -0.749. The Morgan fingerprint density at radius 3 is 2.65 bits per heavy atom. The van der Waals surface area contributed by atoms with E-state index >= 15 is 0 Å². The van der Waals surface area contributed by atoms with Crippen molar-refractivity contribution in [2.24, 2.45) is 0 Å². The number of rotatable bonds is 5. The first-order chi connectivity index (χ1) is 9.60. The van der Waals surface area contributed by atoms with E-state index in [4.69, 9.17) is 4.74 Å². The van der Waals surface area contributed by atoms with Gasteiger partial charge in [-0.3, -0.25) is 0 Å². The predicted octanol–water partition coefficient (Wildman–Crippen LogP) is 3.57. The van der Waals surface area contributed by atoms with E-state index in [1.54, 1.807) is 6.07 Å². The Labute approximate surface area is 116 Å². The number of aryl methyl sites for hydroxylation is 1. The van der Waals surface area contributed by atoms with Crippen LogP contribution >= 0.6 is 0 Å². The Bertz CT molecular complexity index is 602. The van der Waals surface area contributed by atoms with E-state index in [1.807, 2.05) is 19.9 Å². The number of aromatic nitrogens is 1. The van der Waals surface area contributed by atoms with Crippen molar-refractivity contribution in [2.75, 3.05) is 6.54 Å². The van der Waals surface area contributed by atoms with E-state index in [-0.39, 0.29) is 11.6 Å². The Hall–Kier alpha value is -2.01. The zero-order chi connectivity index (χ0) is 14.5. The molecule has 0 atom stereocenters. The maximum absolute atomic E-state index is 13.5. The van der Waals surface area contributed by atoms with Gasteiger partial charge in [-0.15, -0.1) is 0 Å². The van der Waals surface area contributed by atoms with Crippen LogP contribution in [0.3, 0.4) is 0 Å². The summed E-state index contributed by atoms with van der Waals surface area (Å²) in [6.07, 6.45) is 0. The van der Waals surface area contributed by atoms with Crippen LogP contribution in [0, 0.1) is 18.6 Å². The van der Waals surface area contributed by atoms with E-state index in [0.29, 0.717) is 0 Å². The number of halogens is 2. The molecule has 0 saturated heterocycles. The lowest BCUT2D eigenvalue weighted by molar-refractivity contribution is 0.422. The van der Waals surface area contributed by atoms with Gasteiger partial charge in [-0.25, -0.2) is 13.8 Å². The molecule has 3 nitrogen and oxygen atoms in total. The van der Waals surface area contributed by atoms with Crippen LogP contribution in [0.15, 0.2) is 30.3 Å². The monoisotopic (exact) mass is 278 g/mol. The van der Waals surface area contributed by atoms with E-state index < -0.39 is 11.6 Å². The molecule has 0 fully saturated rings. The Morgan fingerprint density at radius 1 is 1.20 bits per heavy atom. The molecule has 0 unspecified atom stereocenters. The lowest BCUT2D eigenvalue weighted by atomic mass is 10.2. The van der Waals surface area contributed by atoms with Crippen molar-refractivity contribution in [3.8, 4) is 11.6 Å². The van der Waals surface area contributed by atoms with Gasteiger partial charge in [0.2, 0.25) is 5.88 Å². The third kappa shape index (κ3) is 3.51. The number of ether oxygens (including phenoxy) is 1. The first-order valence-electron chi connectivity index (χ1n) is 6.40. The standard InChI is InChI=1S/C15H16F2N2O/c1-3-18-9-11-4-7-15(19-10(11)2)20-14-6-5-12(16)8-13(14)17/h4-8,18H,3,9H2,1-2H3. The number of benzene rings is 1. The SMILES string of the molecule is CCNCc1ccc(Oc2ccc(F)cc2F)nc1C. The van der Waals surface area contributed by atoms with E-state index in [1.165, 1.54) is 6.07 Å². The maximum Gasteiger partial charge on any atom is 0.219 e. The molecule has 0 amide bonds. The average molecular weight is 278 g/mol. The largest absolute Gasteiger partial charge is 0.436 e. The molecule has 0 aliphatic carbocycles. The second-order valence-electron chi connectivity index (χ2n) is 4.35. The quantitative estimate of drug-likeness (QED) is 0.908. The Morgan fingerprint density at radius 2 is 2.00 bits per heavy atom. The van der Waals surface area contributed by atoms with Crippen molar-refractivity contribution < 1.29 is 13.5 Å². The number of nitrogens with one attached hydrogen (secondary N) is 1. The smallest absolute Gasteiger partial charge is 0.219 e. The maximum atomic E-state index is 13.5. The van der Waals surface area contributed by atoms with E-state index in [2.05, 4.69) is 10.3 Å². The summed E-state index contributed by atoms with van der Waals surface area (Å²) in [6.45, 7) is 5.48. The Balaban J connectivity index is 2.15. The molecule has 1 N–H and O–H groups in total. The van der Waals surface area contributed by atoms with Crippen LogP contribution in [-0.2, 0) is 6.54 Å². The number of hydrogen-bond acceptors (Lipinski definition) is 3. The summed E-state index contributed by atoms with van der Waals surface area (Å²) < 4.78 is 31.6. The first kappa shape index (κ1) is 14.4. The molecule has 0 aliphatic heterocycles. The van der Waals surface area contributed by atoms with Gasteiger partial charge >= 0.3 is 0 Å². The highest BCUT2D eigenvalue weighted by atomic mass is 19.1. The van der Waals surface area contributed by atoms with Gasteiger partial charge in [-0.05, 0) is 31.2 Å². The summed E-state index contributed by atoms with van der Waals surface area (Å²) in [6, 6.07) is 6.71. The lowest BCUT2D eigenvalue weighted by Crippen LogP contribution is -2.13. The molecule has 20 heavy (non-hydrogen) atoms. The van der Waals surface area contributed by atoms with Crippen molar-refractivity contribution >= 4 is 0 Å². The van der Waals surface area contributed by atoms with Gasteiger partial charge in [-0.2, -0.15) is 0 Å². The predicted molar refractivity (Wildman–Crippen MR) is 72.8 cm³/mol. The molecule has 5 heteroatoms. The van der Waals surface area contributed by atoms with E-state index in [9.17, 15) is 8.78 Å². The van der Waals surface area contributed by atoms with Crippen molar-refractivity contribution in [2.45, 2.75) is 20.4 Å². The van der Waals surface area contributed by atoms with Gasteiger partial charge in [0.25, 0.3) is 0 Å². The third-order valence-corrected chi connectivity index (χ3v) is 2.84. The minimum Gasteiger partial charge on any atom is -0.436 e. The second-order valence-corrected chi connectivity index (χ2v) is 4.35. The van der Waals surface area contributed by atoms with Crippen molar-refractivity contribution in [1.29, 1.82) is 0 Å². The molecule has 2 aromatic rings. The highest BCUT2D eigenvalue weighted by Gasteiger charge is 2.08. The molecular formula is C15H16F2N2O. The molecule has 0 bridgehead atoms. The fourth-order valence-corrected chi connectivity index (χ4v) is 1.74. The molecule has 1 heterocycles. The molecule has 1 aromatic carbocycles. The fourth-order valence-electron chi connectivity index (χ4n) is 1.74. The zero-order valence-corrected chi connectivity index (χ0v) is 11.4. The third-order valence-electron chi connectivity index (χ3n) is 2.84. The number of nitrogens with zero attached hydrogens (tertiary/aromatic N) is 1. The minimum absolute atomic E-state index is 0.0438. The molecule has 0 spiro atoms. The summed E-state index contributed by atoms with van der Waals surface area (Å²) in [4.78, 5) is 4.26. The highest BCUT2D eigenvalue weighted by molar-refractivity contribution is 5.31. The summed E-state index contributed by atoms with van der Waals surface area (Å²) in [5, 5.41) is 3.21. The van der Waals surface area contributed by atoms with Crippen LogP contribution in [0.4, 0.5) is 8.78 Å². The highest BCUT2D eigenvalue weighted by Crippen LogP contribution is 2.24. The van der Waals surface area contributed by atoms with Crippen molar-refractivity contribution in [1.82, 2.24) is 10.3 Å². The van der Waals surface area contributed by atoms with Crippen LogP contribution in [-0.4, -0.2) is 11.5 Å². The van der Waals surface area contributed by atoms with Crippen LogP contribution in [0.25, 0.3) is 0 Å². The van der Waals surface area contributed by atoms with Gasteiger partial charge in [0.1, 0.15) is 5.82 Å². The van der Waals surface area contributed by atoms with E-state index in [0.717, 1.165) is 36.5 Å². The molecule has 2 rings (SSSR count). The van der Waals surface area contributed by atoms with Crippen LogP contribution in [0.1, 0.15) is 18.2 Å². The normalized spacial score (nSPS) is 10.6. The van der Waals surface area contributed by atoms with Crippen LogP contribution < -0.4 is 10.1 Å². The van der Waals surface area contributed by atoms with Crippen LogP contribution in [0.5, 0.6) is 11.6 Å². The lowest BCUT2D eigenvalue weighted by Gasteiger charge is -2.09. The van der Waals surface area contributed by atoms with Gasteiger partial charge in [0.05, 0.1) is 0 Å². The molecule has 0 saturated carbocycles. The second kappa shape index (κ2) is 6.43. The molecule has 0 radical (unpaired) electrons. The number of hydrogen-bond donors (Lipinski definition) is 1. The topological polar surface area (TPSA) is 34.1 Å². The Kier molecular flexibility index (Phi) is 4.63. The molecule has 106 valence electrons. The van der Waals surface area contributed by atoms with Gasteiger partial charge in [-0.1, -0.05) is 13.0 Å². The van der Waals surface area contributed by atoms with Gasteiger partial charge in [0, 0.05) is 24.4 Å². The van der Waals surface area contributed by atoms with Gasteiger partial charge < -0.3 is 10.1 Å². The number of pyridine rings is 1. The van der Waals surface area contributed by atoms with Crippen LogP contribution in [0.2, 0.25) is 0 Å². The summed E-state index contributed by atoms with van der Waals surface area (Å²) in [7, 11) is 0. The average Bonchev–Trinajstić information content (AvgIpc) is 2.41. The van der Waals surface area contributed by atoms with Crippen molar-refractivity contribution in [3.05, 3.63) is 53.2 Å². The molecular weight excluding hydrogens is 262 g/mol. The van der Waals surface area contributed by atoms with Gasteiger partial charge in [0.15, 0.2) is 11.6 Å². The fraction of sp³-hybridized carbons (Fsp3) is 0.267. The molecule has 1 aromatic heterocycles.